The number of methoxy groups -OCH3 is 1. The largest absolute Gasteiger partial charge is 0.490 e. The van der Waals surface area contributed by atoms with E-state index in [4.69, 9.17) is 19.1 Å². The molecule has 1 N–H and O–H groups in total. The zero-order valence-electron chi connectivity index (χ0n) is 15.3. The Bertz CT molecular complexity index is 770. The molecule has 0 radical (unpaired) electrons. The predicted octanol–water partition coefficient (Wildman–Crippen LogP) is 2.70. The maximum absolute atomic E-state index is 10.6. The number of hydrogen-bond acceptors (Lipinski definition) is 5. The predicted molar refractivity (Wildman–Crippen MR) is 89.1 cm³/mol. The molecule has 0 aliphatic carbocycles. The second-order valence-electron chi connectivity index (χ2n) is 6.35. The normalized spacial score (nSPS) is 17.2. The summed E-state index contributed by atoms with van der Waals surface area (Å²) in [5, 5.41) is 11.7. The van der Waals surface area contributed by atoms with Crippen LogP contribution in [-0.2, 0) is 29.7 Å². The highest BCUT2D eigenvalue weighted by Gasteiger charge is 2.38. The van der Waals surface area contributed by atoms with Crippen LogP contribution in [0.15, 0.2) is 22.7 Å². The average Bonchev–Trinajstić information content (AvgIpc) is 3.12. The third kappa shape index (κ3) is 5.83. The number of furan rings is 1. The molecule has 150 valence electrons. The molecular weight excluding hydrogens is 367 g/mol. The van der Waals surface area contributed by atoms with E-state index >= 15 is 0 Å². The number of aliphatic carboxylic acids is 1. The lowest BCUT2D eigenvalue weighted by molar-refractivity contribution is -0.192. The van der Waals surface area contributed by atoms with E-state index in [0.717, 1.165) is 31.2 Å². The third-order valence-electron chi connectivity index (χ3n) is 3.98. The topological polar surface area (TPSA) is 80.7 Å². The fourth-order valence-electron chi connectivity index (χ4n) is 2.97. The van der Waals surface area contributed by atoms with E-state index in [1.54, 1.807) is 7.11 Å². The van der Waals surface area contributed by atoms with E-state index in [1.165, 1.54) is 11.3 Å². The molecule has 3 heterocycles. The summed E-state index contributed by atoms with van der Waals surface area (Å²) in [6.07, 6.45) is -2.97. The first-order chi connectivity index (χ1) is 12.6. The van der Waals surface area contributed by atoms with Crippen molar-refractivity contribution >= 4 is 5.97 Å². The second kappa shape index (κ2) is 8.57. The highest BCUT2D eigenvalue weighted by Crippen LogP contribution is 2.28. The van der Waals surface area contributed by atoms with Gasteiger partial charge in [-0.25, -0.2) is 4.79 Å². The lowest BCUT2D eigenvalue weighted by Gasteiger charge is -2.30. The summed E-state index contributed by atoms with van der Waals surface area (Å²) in [4.78, 5) is 11.3. The summed E-state index contributed by atoms with van der Waals surface area (Å²) in [5.74, 6) is -0.438. The number of ether oxygens (including phenoxy) is 1. The summed E-state index contributed by atoms with van der Waals surface area (Å²) in [6.45, 7) is 5.40. The van der Waals surface area contributed by atoms with Gasteiger partial charge in [-0.15, -0.1) is 0 Å². The van der Waals surface area contributed by atoms with E-state index < -0.39 is 12.1 Å². The molecule has 1 unspecified atom stereocenters. The number of carboxylic acids is 1. The van der Waals surface area contributed by atoms with Crippen LogP contribution in [0.3, 0.4) is 0 Å². The molecule has 0 saturated heterocycles. The SMILES string of the molecule is COCC1CN(Cc2ccc(C)o2)Cc2cn(C)nc21.O=C(O)C(F)(F)F. The molecule has 2 aromatic heterocycles. The van der Waals surface area contributed by atoms with Crippen molar-refractivity contribution in [3.8, 4) is 0 Å². The van der Waals surface area contributed by atoms with Crippen LogP contribution in [0.5, 0.6) is 0 Å². The Morgan fingerprint density at radius 1 is 1.44 bits per heavy atom. The molecule has 0 aromatic carbocycles. The standard InChI is InChI=1S/C15H21N3O2.C2HF3O2/c1-11-4-5-14(20-11)9-18-7-12-6-17(2)16-15(12)13(8-18)10-19-3;3-2(4,5)1(6)7/h4-6,13H,7-10H2,1-3H3;(H,6,7). The minimum Gasteiger partial charge on any atom is -0.475 e. The highest BCUT2D eigenvalue weighted by atomic mass is 19.4. The first-order valence-electron chi connectivity index (χ1n) is 8.19. The maximum Gasteiger partial charge on any atom is 0.490 e. The third-order valence-corrected chi connectivity index (χ3v) is 3.98. The first kappa shape index (κ1) is 21.0. The Labute approximate surface area is 154 Å². The van der Waals surface area contributed by atoms with Crippen molar-refractivity contribution in [1.82, 2.24) is 14.7 Å². The van der Waals surface area contributed by atoms with E-state index in [1.807, 2.05) is 24.7 Å². The van der Waals surface area contributed by atoms with Crippen LogP contribution in [-0.4, -0.2) is 52.2 Å². The van der Waals surface area contributed by atoms with Crippen LogP contribution in [0.25, 0.3) is 0 Å². The molecule has 0 bridgehead atoms. The molecule has 0 spiro atoms. The van der Waals surface area contributed by atoms with E-state index in [-0.39, 0.29) is 0 Å². The van der Waals surface area contributed by atoms with E-state index in [0.29, 0.717) is 12.5 Å². The number of halogens is 3. The fraction of sp³-hybridized carbons (Fsp3) is 0.529. The van der Waals surface area contributed by atoms with Gasteiger partial charge in [0, 0.05) is 44.9 Å². The summed E-state index contributed by atoms with van der Waals surface area (Å²) in [7, 11) is 3.72. The number of fused-ring (bicyclic) bond motifs is 1. The highest BCUT2D eigenvalue weighted by molar-refractivity contribution is 5.73. The molecule has 7 nitrogen and oxygen atoms in total. The average molecular weight is 389 g/mol. The van der Waals surface area contributed by atoms with Gasteiger partial charge in [-0.05, 0) is 19.1 Å². The van der Waals surface area contributed by atoms with Crippen LogP contribution in [0.2, 0.25) is 0 Å². The number of carboxylic acid groups (broad SMARTS) is 1. The summed E-state index contributed by atoms with van der Waals surface area (Å²) < 4.78 is 44.7. The lowest BCUT2D eigenvalue weighted by Crippen LogP contribution is -2.34. The molecule has 2 aromatic rings. The van der Waals surface area contributed by atoms with Crippen molar-refractivity contribution in [3.63, 3.8) is 0 Å². The van der Waals surface area contributed by atoms with Gasteiger partial charge in [0.05, 0.1) is 18.8 Å². The molecule has 0 saturated carbocycles. The quantitative estimate of drug-likeness (QED) is 0.866. The van der Waals surface area contributed by atoms with Crippen molar-refractivity contribution in [1.29, 1.82) is 0 Å². The Hall–Kier alpha value is -2.33. The van der Waals surface area contributed by atoms with Crippen molar-refractivity contribution in [2.75, 3.05) is 20.3 Å². The van der Waals surface area contributed by atoms with Crippen molar-refractivity contribution in [3.05, 3.63) is 41.1 Å². The molecular formula is C17H22F3N3O4. The fourth-order valence-corrected chi connectivity index (χ4v) is 2.97. The van der Waals surface area contributed by atoms with Crippen LogP contribution >= 0.6 is 0 Å². The van der Waals surface area contributed by atoms with Crippen LogP contribution in [0, 0.1) is 6.92 Å². The number of nitrogens with zero attached hydrogens (tertiary/aromatic N) is 3. The Kier molecular flexibility index (Phi) is 6.66. The summed E-state index contributed by atoms with van der Waals surface area (Å²) in [6, 6.07) is 4.07. The first-order valence-corrected chi connectivity index (χ1v) is 8.19. The minimum absolute atomic E-state index is 0.334. The van der Waals surface area contributed by atoms with Crippen molar-refractivity contribution < 1.29 is 32.2 Å². The van der Waals surface area contributed by atoms with Crippen molar-refractivity contribution in [2.24, 2.45) is 7.05 Å². The molecule has 0 amide bonds. The smallest absolute Gasteiger partial charge is 0.475 e. The number of rotatable bonds is 4. The molecule has 1 atom stereocenters. The van der Waals surface area contributed by atoms with Crippen LogP contribution in [0.1, 0.15) is 28.7 Å². The number of alkyl halides is 3. The van der Waals surface area contributed by atoms with Gasteiger partial charge in [0.15, 0.2) is 0 Å². The zero-order valence-corrected chi connectivity index (χ0v) is 15.3. The summed E-state index contributed by atoms with van der Waals surface area (Å²) >= 11 is 0. The van der Waals surface area contributed by atoms with E-state index in [9.17, 15) is 13.2 Å². The molecule has 1 aliphatic heterocycles. The number of aromatic nitrogens is 2. The number of hydrogen-bond donors (Lipinski definition) is 1. The zero-order chi connectivity index (χ0) is 20.2. The van der Waals surface area contributed by atoms with Gasteiger partial charge in [0.25, 0.3) is 0 Å². The minimum atomic E-state index is -5.08. The maximum atomic E-state index is 10.6. The monoisotopic (exact) mass is 389 g/mol. The van der Waals surface area contributed by atoms with Gasteiger partial charge in [0.2, 0.25) is 0 Å². The molecule has 10 heteroatoms. The Morgan fingerprint density at radius 3 is 2.63 bits per heavy atom. The molecule has 1 aliphatic rings. The van der Waals surface area contributed by atoms with Gasteiger partial charge in [-0.3, -0.25) is 9.58 Å². The number of aryl methyl sites for hydroxylation is 2. The van der Waals surface area contributed by atoms with Gasteiger partial charge >= 0.3 is 12.1 Å². The Balaban J connectivity index is 0.000000321. The second-order valence-corrected chi connectivity index (χ2v) is 6.35. The van der Waals surface area contributed by atoms with E-state index in [2.05, 4.69) is 22.3 Å². The number of carbonyl (C=O) groups is 1. The van der Waals surface area contributed by atoms with Gasteiger partial charge < -0.3 is 14.3 Å². The Morgan fingerprint density at radius 2 is 2.11 bits per heavy atom. The van der Waals surface area contributed by atoms with Gasteiger partial charge in [-0.1, -0.05) is 0 Å². The van der Waals surface area contributed by atoms with Gasteiger partial charge in [-0.2, -0.15) is 18.3 Å². The van der Waals surface area contributed by atoms with Crippen LogP contribution < -0.4 is 0 Å². The summed E-state index contributed by atoms with van der Waals surface area (Å²) in [5.41, 5.74) is 2.48. The van der Waals surface area contributed by atoms with Crippen LogP contribution in [0.4, 0.5) is 13.2 Å². The molecule has 27 heavy (non-hydrogen) atoms. The van der Waals surface area contributed by atoms with Crippen molar-refractivity contribution in [2.45, 2.75) is 32.1 Å². The lowest BCUT2D eigenvalue weighted by atomic mass is 9.97. The van der Waals surface area contributed by atoms with Gasteiger partial charge in [0.1, 0.15) is 11.5 Å². The molecule has 3 rings (SSSR count). The molecule has 0 fully saturated rings.